The van der Waals surface area contributed by atoms with Crippen LogP contribution in [0.1, 0.15) is 0 Å². The molecule has 1 nitrogen and oxygen atoms in total. The van der Waals surface area contributed by atoms with Crippen LogP contribution in [0.5, 0.6) is 0 Å². The second-order valence-electron chi connectivity index (χ2n) is 1.51. The van der Waals surface area contributed by atoms with Gasteiger partial charge < -0.3 is 0 Å². The molecule has 0 atom stereocenters. The topological polar surface area (TPSA) is 12.4 Å². The Labute approximate surface area is 48.7 Å². The van der Waals surface area contributed by atoms with Crippen LogP contribution >= 0.6 is 0 Å². The van der Waals surface area contributed by atoms with Crippen molar-refractivity contribution in [3.8, 4) is 0 Å². The molecule has 40 valence electrons. The lowest BCUT2D eigenvalue weighted by Crippen LogP contribution is -1.63. The van der Waals surface area contributed by atoms with Crippen molar-refractivity contribution in [3.63, 3.8) is 0 Å². The summed E-state index contributed by atoms with van der Waals surface area (Å²) in [6.45, 7) is 3.65. The Kier molecular flexibility index (Phi) is 1.42. The van der Waals surface area contributed by atoms with Gasteiger partial charge in [-0.2, -0.15) is 0 Å². The number of hydrogen-bond acceptors (Lipinski definition) is 1. The van der Waals surface area contributed by atoms with Gasteiger partial charge in [-0.25, -0.2) is 0 Å². The van der Waals surface area contributed by atoms with Gasteiger partial charge in [-0.3, -0.25) is 4.99 Å². The van der Waals surface area contributed by atoms with Crippen molar-refractivity contribution in [2.75, 3.05) is 0 Å². The maximum Gasteiger partial charge on any atom is 0.0557 e. The molecule has 0 aromatic carbocycles. The molecular formula is C7H7N. The van der Waals surface area contributed by atoms with Gasteiger partial charge in [0, 0.05) is 6.21 Å². The first-order valence-electron chi connectivity index (χ1n) is 2.46. The van der Waals surface area contributed by atoms with Crippen LogP contribution in [0.3, 0.4) is 0 Å². The molecule has 1 rings (SSSR count). The SMILES string of the molecule is C=C1C=CC=CC=N1. The van der Waals surface area contributed by atoms with Crippen LogP contribution in [0.25, 0.3) is 0 Å². The van der Waals surface area contributed by atoms with Crippen LogP contribution in [-0.2, 0) is 0 Å². The Balaban J connectivity index is 2.81. The second-order valence-corrected chi connectivity index (χ2v) is 1.51. The van der Waals surface area contributed by atoms with Crippen molar-refractivity contribution in [1.29, 1.82) is 0 Å². The van der Waals surface area contributed by atoms with Crippen LogP contribution in [-0.4, -0.2) is 6.21 Å². The molecule has 0 saturated carbocycles. The van der Waals surface area contributed by atoms with Crippen molar-refractivity contribution >= 4 is 6.21 Å². The highest BCUT2D eigenvalue weighted by Crippen LogP contribution is 1.96. The van der Waals surface area contributed by atoms with Crippen LogP contribution < -0.4 is 0 Å². The minimum Gasteiger partial charge on any atom is -0.258 e. The van der Waals surface area contributed by atoms with Crippen LogP contribution in [0.2, 0.25) is 0 Å². The third kappa shape index (κ3) is 1.19. The molecule has 1 aliphatic heterocycles. The summed E-state index contributed by atoms with van der Waals surface area (Å²) in [4.78, 5) is 3.93. The predicted octanol–water partition coefficient (Wildman–Crippen LogP) is 1.70. The number of allylic oxidation sites excluding steroid dienone is 4. The first-order valence-corrected chi connectivity index (χ1v) is 2.46. The molecule has 0 radical (unpaired) electrons. The fraction of sp³-hybridized carbons (Fsp3) is 0. The van der Waals surface area contributed by atoms with Gasteiger partial charge >= 0.3 is 0 Å². The first-order chi connectivity index (χ1) is 3.89. The van der Waals surface area contributed by atoms with Gasteiger partial charge in [0.2, 0.25) is 0 Å². The van der Waals surface area contributed by atoms with E-state index < -0.39 is 0 Å². The summed E-state index contributed by atoms with van der Waals surface area (Å²) in [5.41, 5.74) is 0.801. The summed E-state index contributed by atoms with van der Waals surface area (Å²) in [6.07, 6.45) is 9.29. The molecule has 1 heteroatoms. The van der Waals surface area contributed by atoms with E-state index in [4.69, 9.17) is 0 Å². The molecule has 0 fully saturated rings. The van der Waals surface area contributed by atoms with Gasteiger partial charge in [0.1, 0.15) is 0 Å². The lowest BCUT2D eigenvalue weighted by molar-refractivity contribution is 1.46. The first kappa shape index (κ1) is 5.04. The Bertz CT molecular complexity index is 155. The highest BCUT2D eigenvalue weighted by Gasteiger charge is 1.79. The summed E-state index contributed by atoms with van der Waals surface area (Å²) < 4.78 is 0. The largest absolute Gasteiger partial charge is 0.258 e. The average Bonchev–Trinajstić information content (AvgIpc) is 1.94. The lowest BCUT2D eigenvalue weighted by Gasteiger charge is -1.80. The number of aliphatic imine (C=N–C) groups is 1. The number of nitrogens with zero attached hydrogens (tertiary/aromatic N) is 1. The van der Waals surface area contributed by atoms with Crippen molar-refractivity contribution in [1.82, 2.24) is 0 Å². The van der Waals surface area contributed by atoms with Crippen LogP contribution in [0.15, 0.2) is 41.6 Å². The molecule has 0 unspecified atom stereocenters. The van der Waals surface area contributed by atoms with E-state index in [1.54, 1.807) is 6.21 Å². The van der Waals surface area contributed by atoms with Crippen LogP contribution in [0.4, 0.5) is 0 Å². The third-order valence-electron chi connectivity index (χ3n) is 0.837. The second kappa shape index (κ2) is 2.26. The smallest absolute Gasteiger partial charge is 0.0557 e. The monoisotopic (exact) mass is 105 g/mol. The molecule has 1 aliphatic rings. The summed E-state index contributed by atoms with van der Waals surface area (Å²) in [7, 11) is 0. The molecule has 0 bridgehead atoms. The van der Waals surface area contributed by atoms with Gasteiger partial charge in [0.05, 0.1) is 5.70 Å². The molecule has 8 heavy (non-hydrogen) atoms. The van der Waals surface area contributed by atoms with Crippen molar-refractivity contribution < 1.29 is 0 Å². The highest BCUT2D eigenvalue weighted by molar-refractivity contribution is 5.73. The van der Waals surface area contributed by atoms with E-state index in [1.165, 1.54) is 0 Å². The van der Waals surface area contributed by atoms with E-state index in [-0.39, 0.29) is 0 Å². The van der Waals surface area contributed by atoms with Crippen molar-refractivity contribution in [2.24, 2.45) is 4.99 Å². The van der Waals surface area contributed by atoms with E-state index in [0.717, 1.165) is 5.70 Å². The van der Waals surface area contributed by atoms with Crippen LogP contribution in [0, 0.1) is 0 Å². The Morgan fingerprint density at radius 1 is 1.25 bits per heavy atom. The zero-order valence-corrected chi connectivity index (χ0v) is 4.54. The lowest BCUT2D eigenvalue weighted by atomic mass is 10.4. The third-order valence-corrected chi connectivity index (χ3v) is 0.837. The van der Waals surface area contributed by atoms with Gasteiger partial charge in [0.15, 0.2) is 0 Å². The highest BCUT2D eigenvalue weighted by atomic mass is 14.7. The molecule has 0 amide bonds. The van der Waals surface area contributed by atoms with E-state index in [9.17, 15) is 0 Å². The molecule has 0 spiro atoms. The molecular weight excluding hydrogens is 98.1 g/mol. The fourth-order valence-corrected chi connectivity index (χ4v) is 0.462. The Morgan fingerprint density at radius 3 is 3.00 bits per heavy atom. The van der Waals surface area contributed by atoms with Gasteiger partial charge in [0.25, 0.3) is 0 Å². The number of rotatable bonds is 0. The Morgan fingerprint density at radius 2 is 2.12 bits per heavy atom. The minimum absolute atomic E-state index is 0.801. The Hall–Kier alpha value is -1.11. The van der Waals surface area contributed by atoms with Gasteiger partial charge in [-0.15, -0.1) is 0 Å². The minimum atomic E-state index is 0.801. The fourth-order valence-electron chi connectivity index (χ4n) is 0.462. The predicted molar refractivity (Wildman–Crippen MR) is 35.9 cm³/mol. The van der Waals surface area contributed by atoms with E-state index in [0.29, 0.717) is 0 Å². The van der Waals surface area contributed by atoms with Crippen molar-refractivity contribution in [2.45, 2.75) is 0 Å². The zero-order chi connectivity index (χ0) is 5.82. The number of hydrogen-bond donors (Lipinski definition) is 0. The van der Waals surface area contributed by atoms with E-state index in [1.807, 2.05) is 24.3 Å². The van der Waals surface area contributed by atoms with Gasteiger partial charge in [-0.05, 0) is 12.2 Å². The normalized spacial score (nSPS) is 16.8. The molecule has 0 saturated heterocycles. The summed E-state index contributed by atoms with van der Waals surface area (Å²) >= 11 is 0. The van der Waals surface area contributed by atoms with Gasteiger partial charge in [-0.1, -0.05) is 18.7 Å². The molecule has 1 heterocycles. The van der Waals surface area contributed by atoms with E-state index in [2.05, 4.69) is 11.6 Å². The summed E-state index contributed by atoms with van der Waals surface area (Å²) in [6, 6.07) is 0. The standard InChI is InChI=1S/C7H7N/c1-7-5-3-2-4-6-8-7/h2-6H,1H2. The molecule has 0 aromatic heterocycles. The van der Waals surface area contributed by atoms with Crippen molar-refractivity contribution in [3.05, 3.63) is 36.6 Å². The maximum atomic E-state index is 3.93. The maximum absolute atomic E-state index is 3.93. The molecule has 0 N–H and O–H groups in total. The zero-order valence-electron chi connectivity index (χ0n) is 4.54. The molecule has 0 aliphatic carbocycles. The summed E-state index contributed by atoms with van der Waals surface area (Å²) in [5.74, 6) is 0. The summed E-state index contributed by atoms with van der Waals surface area (Å²) in [5, 5.41) is 0. The average molecular weight is 105 g/mol. The quantitative estimate of drug-likeness (QED) is 0.444. The molecule has 0 aromatic rings. The van der Waals surface area contributed by atoms with E-state index >= 15 is 0 Å².